The second kappa shape index (κ2) is 11.9. The van der Waals surface area contributed by atoms with E-state index in [2.05, 4.69) is 15.6 Å². The van der Waals surface area contributed by atoms with Gasteiger partial charge in [-0.25, -0.2) is 8.42 Å². The highest BCUT2D eigenvalue weighted by atomic mass is 127. The molecule has 0 aliphatic heterocycles. The smallest absolute Gasteiger partial charge is 0.253 e. The van der Waals surface area contributed by atoms with E-state index >= 15 is 0 Å². The van der Waals surface area contributed by atoms with Gasteiger partial charge >= 0.3 is 0 Å². The first-order valence-corrected chi connectivity index (χ1v) is 11.1. The Kier molecular flexibility index (Phi) is 10.3. The molecule has 0 bridgehead atoms. The lowest BCUT2D eigenvalue weighted by molar-refractivity contribution is 0.0827. The Hall–Kier alpha value is -2.14. The molecule has 2 rings (SSSR count). The molecule has 0 radical (unpaired) electrons. The first-order valence-electron chi connectivity index (χ1n) is 9.25. The van der Waals surface area contributed by atoms with Gasteiger partial charge in [0.25, 0.3) is 5.91 Å². The van der Waals surface area contributed by atoms with Crippen molar-refractivity contribution in [2.75, 3.05) is 33.9 Å². The van der Waals surface area contributed by atoms with E-state index in [1.165, 1.54) is 6.26 Å². The van der Waals surface area contributed by atoms with E-state index in [-0.39, 0.29) is 29.9 Å². The second-order valence-corrected chi connectivity index (χ2v) is 8.93. The number of rotatable bonds is 7. The van der Waals surface area contributed by atoms with Crippen LogP contribution in [-0.2, 0) is 22.8 Å². The third-order valence-electron chi connectivity index (χ3n) is 4.32. The number of halogens is 1. The molecule has 1 amide bonds. The van der Waals surface area contributed by atoms with Gasteiger partial charge in [-0.3, -0.25) is 9.79 Å². The zero-order valence-electron chi connectivity index (χ0n) is 17.7. The van der Waals surface area contributed by atoms with Crippen LogP contribution in [0.15, 0.2) is 58.4 Å². The van der Waals surface area contributed by atoms with E-state index in [0.29, 0.717) is 29.5 Å². The topological polar surface area (TPSA) is 90.9 Å². The fraction of sp³-hybridized carbons (Fsp3) is 0.333. The highest BCUT2D eigenvalue weighted by Gasteiger charge is 2.09. The van der Waals surface area contributed by atoms with E-state index in [1.807, 2.05) is 24.3 Å². The van der Waals surface area contributed by atoms with E-state index < -0.39 is 9.84 Å². The molecule has 9 heteroatoms. The van der Waals surface area contributed by atoms with Crippen molar-refractivity contribution >= 4 is 45.7 Å². The maximum atomic E-state index is 12.1. The summed E-state index contributed by atoms with van der Waals surface area (Å²) in [5, 5.41) is 6.45. The van der Waals surface area contributed by atoms with Crippen LogP contribution in [0.1, 0.15) is 21.5 Å². The Morgan fingerprint density at radius 1 is 1.03 bits per heavy atom. The summed E-state index contributed by atoms with van der Waals surface area (Å²) in [6.45, 7) is 1.18. The lowest BCUT2D eigenvalue weighted by Crippen LogP contribution is -2.37. The molecule has 2 aromatic rings. The third-order valence-corrected chi connectivity index (χ3v) is 5.45. The van der Waals surface area contributed by atoms with Gasteiger partial charge < -0.3 is 15.5 Å². The number of carbonyl (C=O) groups is 1. The number of guanidine groups is 1. The lowest BCUT2D eigenvalue weighted by Gasteiger charge is -2.13. The normalized spacial score (nSPS) is 11.4. The van der Waals surface area contributed by atoms with Gasteiger partial charge in [0, 0.05) is 46.1 Å². The molecule has 0 aromatic heterocycles. The molecule has 0 aliphatic carbocycles. The molecule has 2 N–H and O–H groups in total. The van der Waals surface area contributed by atoms with Gasteiger partial charge in [-0.05, 0) is 41.8 Å². The van der Waals surface area contributed by atoms with Gasteiger partial charge in [0.2, 0.25) is 0 Å². The van der Waals surface area contributed by atoms with Crippen molar-refractivity contribution in [2.24, 2.45) is 4.99 Å². The molecule has 164 valence electrons. The van der Waals surface area contributed by atoms with Gasteiger partial charge in [-0.15, -0.1) is 24.0 Å². The monoisotopic (exact) mass is 544 g/mol. The Morgan fingerprint density at radius 2 is 1.70 bits per heavy atom. The minimum Gasteiger partial charge on any atom is -0.356 e. The maximum absolute atomic E-state index is 12.1. The number of benzene rings is 2. The van der Waals surface area contributed by atoms with Gasteiger partial charge in [-0.1, -0.05) is 24.3 Å². The number of nitrogens with one attached hydrogen (secondary N) is 2. The largest absolute Gasteiger partial charge is 0.356 e. The molecule has 0 saturated carbocycles. The van der Waals surface area contributed by atoms with Gasteiger partial charge in [0.1, 0.15) is 0 Å². The highest BCUT2D eigenvalue weighted by molar-refractivity contribution is 14.0. The van der Waals surface area contributed by atoms with Crippen molar-refractivity contribution < 1.29 is 13.2 Å². The van der Waals surface area contributed by atoms with Crippen molar-refractivity contribution in [3.8, 4) is 0 Å². The van der Waals surface area contributed by atoms with Crippen LogP contribution in [0.2, 0.25) is 0 Å². The minimum absolute atomic E-state index is 0. The van der Waals surface area contributed by atoms with Gasteiger partial charge in [-0.2, -0.15) is 0 Å². The van der Waals surface area contributed by atoms with Crippen molar-refractivity contribution in [3.63, 3.8) is 0 Å². The SMILES string of the molecule is CN=C(NCCc1cccc(C(=O)N(C)C)c1)NCc1ccc(S(C)(=O)=O)cc1.I. The number of hydrogen-bond donors (Lipinski definition) is 2. The van der Waals surface area contributed by atoms with Crippen molar-refractivity contribution in [1.29, 1.82) is 0 Å². The van der Waals surface area contributed by atoms with Crippen LogP contribution in [-0.4, -0.2) is 59.1 Å². The fourth-order valence-electron chi connectivity index (χ4n) is 2.70. The Balaban J connectivity index is 0.00000450. The molecule has 7 nitrogen and oxygen atoms in total. The maximum Gasteiger partial charge on any atom is 0.253 e. The van der Waals surface area contributed by atoms with Crippen LogP contribution >= 0.6 is 24.0 Å². The van der Waals surface area contributed by atoms with E-state index in [9.17, 15) is 13.2 Å². The molecule has 0 heterocycles. The summed E-state index contributed by atoms with van der Waals surface area (Å²) >= 11 is 0. The number of carbonyl (C=O) groups excluding carboxylic acids is 1. The van der Waals surface area contributed by atoms with E-state index in [0.717, 1.165) is 17.5 Å². The molecular weight excluding hydrogens is 515 g/mol. The number of hydrogen-bond acceptors (Lipinski definition) is 4. The molecule has 2 aromatic carbocycles. The molecule has 0 saturated heterocycles. The summed E-state index contributed by atoms with van der Waals surface area (Å²) in [5.41, 5.74) is 2.69. The number of aliphatic imine (C=N–C) groups is 1. The number of nitrogens with zero attached hydrogens (tertiary/aromatic N) is 2. The predicted octanol–water partition coefficient (Wildman–Crippen LogP) is 2.32. The summed E-state index contributed by atoms with van der Waals surface area (Å²) < 4.78 is 23.0. The molecule has 0 spiro atoms. The standard InChI is InChI=1S/C21H28N4O3S.HI/c1-22-21(24-15-17-8-10-19(11-9-17)29(4,27)28)23-13-12-16-6-5-7-18(14-16)20(26)25(2)3;/h5-11,14H,12-13,15H2,1-4H3,(H2,22,23,24);1H. The quantitative estimate of drug-likeness (QED) is 0.317. The first-order chi connectivity index (χ1) is 13.7. The molecule has 0 atom stereocenters. The van der Waals surface area contributed by atoms with Crippen LogP contribution in [0.3, 0.4) is 0 Å². The molecule has 30 heavy (non-hydrogen) atoms. The Bertz CT molecular complexity index is 974. The summed E-state index contributed by atoms with van der Waals surface area (Å²) in [6, 6.07) is 14.4. The summed E-state index contributed by atoms with van der Waals surface area (Å²) in [5.74, 6) is 0.636. The van der Waals surface area contributed by atoms with E-state index in [4.69, 9.17) is 0 Å². The molecule has 0 fully saturated rings. The number of sulfone groups is 1. The van der Waals surface area contributed by atoms with Crippen LogP contribution in [0, 0.1) is 0 Å². The van der Waals surface area contributed by atoms with Crippen LogP contribution in [0.4, 0.5) is 0 Å². The van der Waals surface area contributed by atoms with Crippen molar-refractivity contribution in [1.82, 2.24) is 15.5 Å². The average Bonchev–Trinajstić information content (AvgIpc) is 2.69. The predicted molar refractivity (Wildman–Crippen MR) is 131 cm³/mol. The zero-order chi connectivity index (χ0) is 21.4. The van der Waals surface area contributed by atoms with Crippen molar-refractivity contribution in [2.45, 2.75) is 17.9 Å². The average molecular weight is 544 g/mol. The van der Waals surface area contributed by atoms with Crippen LogP contribution < -0.4 is 10.6 Å². The molecular formula is C21H29IN4O3S. The summed E-state index contributed by atoms with van der Waals surface area (Å²) in [6.07, 6.45) is 1.94. The third kappa shape index (κ3) is 7.94. The minimum atomic E-state index is -3.19. The summed E-state index contributed by atoms with van der Waals surface area (Å²) in [7, 11) is 1.98. The van der Waals surface area contributed by atoms with E-state index in [1.54, 1.807) is 50.3 Å². The second-order valence-electron chi connectivity index (χ2n) is 6.92. The van der Waals surface area contributed by atoms with Crippen LogP contribution in [0.25, 0.3) is 0 Å². The molecule has 0 aliphatic rings. The van der Waals surface area contributed by atoms with Gasteiger partial charge in [0.15, 0.2) is 15.8 Å². The van der Waals surface area contributed by atoms with Gasteiger partial charge in [0.05, 0.1) is 4.90 Å². The fourth-order valence-corrected chi connectivity index (χ4v) is 3.33. The number of amides is 1. The Labute approximate surface area is 195 Å². The zero-order valence-corrected chi connectivity index (χ0v) is 20.8. The highest BCUT2D eigenvalue weighted by Crippen LogP contribution is 2.10. The summed E-state index contributed by atoms with van der Waals surface area (Å²) in [4.78, 5) is 18.1. The molecule has 0 unspecified atom stereocenters. The lowest BCUT2D eigenvalue weighted by atomic mass is 10.1. The Morgan fingerprint density at radius 3 is 2.27 bits per heavy atom. The first kappa shape index (κ1) is 25.9. The van der Waals surface area contributed by atoms with Crippen LogP contribution in [0.5, 0.6) is 0 Å². The van der Waals surface area contributed by atoms with Crippen molar-refractivity contribution in [3.05, 3.63) is 65.2 Å².